The normalized spacial score (nSPS) is 11.2. The predicted molar refractivity (Wildman–Crippen MR) is 84.0 cm³/mol. The Labute approximate surface area is 120 Å². The summed E-state index contributed by atoms with van der Waals surface area (Å²) < 4.78 is 5.60. The summed E-state index contributed by atoms with van der Waals surface area (Å²) in [4.78, 5) is 6.70. The Morgan fingerprint density at radius 1 is 1.25 bits per heavy atom. The van der Waals surface area contributed by atoms with E-state index in [1.54, 1.807) is 0 Å². The van der Waals surface area contributed by atoms with Gasteiger partial charge >= 0.3 is 0 Å². The summed E-state index contributed by atoms with van der Waals surface area (Å²) in [6.45, 7) is 6.11. The van der Waals surface area contributed by atoms with Crippen LogP contribution in [0.25, 0.3) is 10.8 Å². The van der Waals surface area contributed by atoms with Gasteiger partial charge < -0.3 is 15.4 Å². The highest BCUT2D eigenvalue weighted by molar-refractivity contribution is 5.94. The van der Waals surface area contributed by atoms with Gasteiger partial charge in [-0.1, -0.05) is 24.3 Å². The zero-order valence-electron chi connectivity index (χ0n) is 12.5. The lowest BCUT2D eigenvalue weighted by Gasteiger charge is -2.21. The fraction of sp³-hybridized carbons (Fsp3) is 0.438. The Bertz CT molecular complexity index is 569. The van der Waals surface area contributed by atoms with Crippen LogP contribution in [0.4, 0.5) is 5.82 Å². The van der Waals surface area contributed by atoms with Gasteiger partial charge in [-0.2, -0.15) is 0 Å². The molecule has 2 rings (SSSR count). The summed E-state index contributed by atoms with van der Waals surface area (Å²) >= 11 is 0. The predicted octanol–water partition coefficient (Wildman–Crippen LogP) is 2.55. The number of nitrogens with two attached hydrogens (primary N) is 1. The van der Waals surface area contributed by atoms with Crippen LogP contribution in [-0.4, -0.2) is 31.3 Å². The molecule has 0 fully saturated rings. The monoisotopic (exact) mass is 273 g/mol. The van der Waals surface area contributed by atoms with Crippen molar-refractivity contribution in [2.45, 2.75) is 26.5 Å². The molecule has 0 saturated heterocycles. The van der Waals surface area contributed by atoms with E-state index in [9.17, 15) is 0 Å². The molecule has 0 aliphatic heterocycles. The molecule has 20 heavy (non-hydrogen) atoms. The molecule has 1 aromatic carbocycles. The van der Waals surface area contributed by atoms with Gasteiger partial charge in [0.15, 0.2) is 0 Å². The van der Waals surface area contributed by atoms with E-state index in [1.807, 2.05) is 39.2 Å². The third-order valence-corrected chi connectivity index (χ3v) is 3.32. The molecule has 0 saturated carbocycles. The van der Waals surface area contributed by atoms with Crippen LogP contribution in [0.5, 0.6) is 0 Å². The number of rotatable bonds is 6. The van der Waals surface area contributed by atoms with Crippen LogP contribution in [0.2, 0.25) is 0 Å². The van der Waals surface area contributed by atoms with E-state index in [1.165, 1.54) is 5.39 Å². The van der Waals surface area contributed by atoms with E-state index in [2.05, 4.69) is 22.0 Å². The Hall–Kier alpha value is -1.65. The maximum atomic E-state index is 5.78. The minimum atomic E-state index is 0.257. The Morgan fingerprint density at radius 3 is 2.60 bits per heavy atom. The van der Waals surface area contributed by atoms with Crippen LogP contribution < -0.4 is 10.6 Å². The Balaban J connectivity index is 2.26. The number of hydrogen-bond donors (Lipinski definition) is 1. The maximum absolute atomic E-state index is 5.78. The highest BCUT2D eigenvalue weighted by Gasteiger charge is 2.10. The number of nitrogens with zero attached hydrogens (tertiary/aromatic N) is 2. The number of hydrogen-bond acceptors (Lipinski definition) is 4. The number of aromatic nitrogens is 1. The first-order valence-corrected chi connectivity index (χ1v) is 7.03. The second-order valence-electron chi connectivity index (χ2n) is 5.20. The van der Waals surface area contributed by atoms with Gasteiger partial charge in [0.25, 0.3) is 0 Å². The van der Waals surface area contributed by atoms with Gasteiger partial charge in [0.05, 0.1) is 12.7 Å². The number of ether oxygens (including phenoxy) is 1. The van der Waals surface area contributed by atoms with Crippen LogP contribution in [0, 0.1) is 0 Å². The van der Waals surface area contributed by atoms with Crippen LogP contribution in [0.1, 0.15) is 19.4 Å². The largest absolute Gasteiger partial charge is 0.377 e. The summed E-state index contributed by atoms with van der Waals surface area (Å²) in [7, 11) is 2.04. The van der Waals surface area contributed by atoms with Gasteiger partial charge in [0.2, 0.25) is 0 Å². The SMILES string of the molecule is CC(C)OCCN(C)c1ncc(CN)c2ccccc12. The number of benzene rings is 1. The summed E-state index contributed by atoms with van der Waals surface area (Å²) in [5, 5.41) is 2.32. The number of anilines is 1. The maximum Gasteiger partial charge on any atom is 0.136 e. The van der Waals surface area contributed by atoms with E-state index < -0.39 is 0 Å². The van der Waals surface area contributed by atoms with Gasteiger partial charge in [-0.05, 0) is 24.8 Å². The van der Waals surface area contributed by atoms with Crippen LogP contribution >= 0.6 is 0 Å². The molecule has 0 radical (unpaired) electrons. The van der Waals surface area contributed by atoms with Crippen LogP contribution in [-0.2, 0) is 11.3 Å². The van der Waals surface area contributed by atoms with Crippen molar-refractivity contribution in [3.63, 3.8) is 0 Å². The van der Waals surface area contributed by atoms with Crippen LogP contribution in [0.15, 0.2) is 30.5 Å². The average Bonchev–Trinajstić information content (AvgIpc) is 2.45. The molecule has 0 aliphatic carbocycles. The molecule has 4 heteroatoms. The zero-order valence-corrected chi connectivity index (χ0v) is 12.5. The molecular weight excluding hydrogens is 250 g/mol. The van der Waals surface area contributed by atoms with Crippen molar-refractivity contribution in [1.82, 2.24) is 4.98 Å². The van der Waals surface area contributed by atoms with E-state index in [0.29, 0.717) is 13.2 Å². The molecule has 0 atom stereocenters. The second-order valence-corrected chi connectivity index (χ2v) is 5.20. The minimum absolute atomic E-state index is 0.257. The topological polar surface area (TPSA) is 51.4 Å². The van der Waals surface area contributed by atoms with Gasteiger partial charge in [-0.3, -0.25) is 0 Å². The molecule has 1 heterocycles. The van der Waals surface area contributed by atoms with E-state index in [-0.39, 0.29) is 6.10 Å². The molecule has 2 aromatic rings. The number of fused-ring (bicyclic) bond motifs is 1. The van der Waals surface area contributed by atoms with Crippen molar-refractivity contribution in [3.05, 3.63) is 36.0 Å². The minimum Gasteiger partial charge on any atom is -0.377 e. The zero-order chi connectivity index (χ0) is 14.5. The Morgan fingerprint density at radius 2 is 1.95 bits per heavy atom. The highest BCUT2D eigenvalue weighted by atomic mass is 16.5. The molecule has 0 unspecified atom stereocenters. The summed E-state index contributed by atoms with van der Waals surface area (Å²) in [5.74, 6) is 0.977. The summed E-state index contributed by atoms with van der Waals surface area (Å²) in [5.41, 5.74) is 6.86. The number of likely N-dealkylation sites (N-methyl/N-ethyl adjacent to an activating group) is 1. The fourth-order valence-electron chi connectivity index (χ4n) is 2.23. The molecule has 1 aromatic heterocycles. The lowest BCUT2D eigenvalue weighted by Crippen LogP contribution is -2.25. The fourth-order valence-corrected chi connectivity index (χ4v) is 2.23. The second kappa shape index (κ2) is 6.68. The summed E-state index contributed by atoms with van der Waals surface area (Å²) in [6.07, 6.45) is 2.13. The average molecular weight is 273 g/mol. The smallest absolute Gasteiger partial charge is 0.136 e. The van der Waals surface area contributed by atoms with Gasteiger partial charge in [0.1, 0.15) is 5.82 Å². The lowest BCUT2D eigenvalue weighted by molar-refractivity contribution is 0.0845. The first-order chi connectivity index (χ1) is 9.63. The summed E-state index contributed by atoms with van der Waals surface area (Å²) in [6, 6.07) is 8.26. The molecular formula is C16H23N3O. The molecule has 4 nitrogen and oxygen atoms in total. The van der Waals surface area contributed by atoms with E-state index >= 15 is 0 Å². The van der Waals surface area contributed by atoms with Crippen molar-refractivity contribution in [2.75, 3.05) is 25.1 Å². The molecule has 0 aliphatic rings. The van der Waals surface area contributed by atoms with Gasteiger partial charge in [-0.25, -0.2) is 4.98 Å². The Kier molecular flexibility index (Phi) is 4.93. The van der Waals surface area contributed by atoms with Crippen molar-refractivity contribution in [1.29, 1.82) is 0 Å². The third kappa shape index (κ3) is 3.26. The van der Waals surface area contributed by atoms with Crippen LogP contribution in [0.3, 0.4) is 0 Å². The quantitative estimate of drug-likeness (QED) is 0.879. The molecule has 0 amide bonds. The van der Waals surface area contributed by atoms with E-state index in [4.69, 9.17) is 10.5 Å². The van der Waals surface area contributed by atoms with Crippen molar-refractivity contribution in [2.24, 2.45) is 5.73 Å². The van der Waals surface area contributed by atoms with Gasteiger partial charge in [-0.15, -0.1) is 0 Å². The molecule has 0 spiro atoms. The van der Waals surface area contributed by atoms with Crippen molar-refractivity contribution >= 4 is 16.6 Å². The van der Waals surface area contributed by atoms with Crippen molar-refractivity contribution < 1.29 is 4.74 Å². The molecule has 0 bridgehead atoms. The van der Waals surface area contributed by atoms with Gasteiger partial charge in [0, 0.05) is 31.7 Å². The first-order valence-electron chi connectivity index (χ1n) is 7.03. The number of pyridine rings is 1. The first kappa shape index (κ1) is 14.8. The standard InChI is InChI=1S/C16H23N3O/c1-12(2)20-9-8-19(3)16-15-7-5-4-6-14(15)13(10-17)11-18-16/h4-7,11-12H,8-10,17H2,1-3H3. The third-order valence-electron chi connectivity index (χ3n) is 3.32. The highest BCUT2D eigenvalue weighted by Crippen LogP contribution is 2.26. The van der Waals surface area contributed by atoms with Crippen molar-refractivity contribution in [3.8, 4) is 0 Å². The lowest BCUT2D eigenvalue weighted by atomic mass is 10.1. The molecule has 2 N–H and O–H groups in total. The van der Waals surface area contributed by atoms with E-state index in [0.717, 1.165) is 23.3 Å². The molecule has 108 valence electrons.